The van der Waals surface area contributed by atoms with Crippen LogP contribution in [0.5, 0.6) is 0 Å². The molecule has 181 valence electrons. The molecule has 1 aromatic heterocycles. The van der Waals surface area contributed by atoms with Crippen LogP contribution >= 0.6 is 30.0 Å². The second-order valence-corrected chi connectivity index (χ2v) is 13.9. The predicted molar refractivity (Wildman–Crippen MR) is 160 cm³/mol. The third kappa shape index (κ3) is 4.31. The summed E-state index contributed by atoms with van der Waals surface area (Å²) >= 11 is 2.26. The Kier molecular flexibility index (Phi) is 6.72. The van der Waals surface area contributed by atoms with Crippen molar-refractivity contribution in [1.82, 2.24) is 15.4 Å². The molecule has 0 unspecified atom stereocenters. The van der Waals surface area contributed by atoms with Crippen LogP contribution in [0.2, 0.25) is 0 Å². The molecule has 1 radical (unpaired) electrons. The molecule has 7 heteroatoms. The number of nitrogens with zero attached hydrogens (tertiary/aromatic N) is 4. The molecule has 1 fully saturated rings. The van der Waals surface area contributed by atoms with E-state index in [0.29, 0.717) is 11.7 Å². The van der Waals surface area contributed by atoms with E-state index in [1.807, 2.05) is 0 Å². The van der Waals surface area contributed by atoms with Crippen molar-refractivity contribution in [1.29, 1.82) is 0 Å². The fourth-order valence-corrected chi connectivity index (χ4v) is 10.1. The number of fused-ring (bicyclic) bond motifs is 1. The Bertz CT molecular complexity index is 1280. The van der Waals surface area contributed by atoms with Gasteiger partial charge in [0.1, 0.15) is 0 Å². The van der Waals surface area contributed by atoms with Gasteiger partial charge >= 0.3 is 227 Å². The van der Waals surface area contributed by atoms with Crippen molar-refractivity contribution >= 4 is 61.3 Å². The normalized spacial score (nSPS) is 16.1. The van der Waals surface area contributed by atoms with Gasteiger partial charge in [0, 0.05) is 0 Å². The minimum atomic E-state index is -2.75. The first kappa shape index (κ1) is 23.6. The standard InChI is InChI=1S/C29H28IN5P/c30-26-25-28(34-33-26)31-27(21-13-5-1-6-14-21)32-29(25)35-36(22-15-7-2-8-16-22,23-17-9-3-10-18-23)24-19-11-4-12-20-24/h2-4,7-12,15-21,36H,1,5-6,13-14H2,(H,31,32,35). The van der Waals surface area contributed by atoms with Crippen molar-refractivity contribution in [3.63, 3.8) is 0 Å². The molecule has 6 rings (SSSR count). The average Bonchev–Trinajstić information content (AvgIpc) is 3.34. The molecular weight excluding hydrogens is 576 g/mol. The molecule has 5 nitrogen and oxygen atoms in total. The summed E-state index contributed by atoms with van der Waals surface area (Å²) in [5.74, 6) is 2.81. The summed E-state index contributed by atoms with van der Waals surface area (Å²) in [5, 5.41) is 12.3. The van der Waals surface area contributed by atoms with Crippen LogP contribution in [0.25, 0.3) is 0 Å². The maximum atomic E-state index is 5.25. The quantitative estimate of drug-likeness (QED) is 0.220. The van der Waals surface area contributed by atoms with Crippen molar-refractivity contribution in [3.8, 4) is 0 Å². The van der Waals surface area contributed by atoms with Crippen LogP contribution < -0.4 is 26.4 Å². The SMILES string of the molecule is IC1=N[N]c2nc(C3CCCCC3)nc(N[PH](c3ccccc3)(c3ccccc3)c3ccccc3)c21. The number of halogens is 1. The topological polar surface area (TPSA) is 64.3 Å². The van der Waals surface area contributed by atoms with E-state index in [2.05, 4.69) is 129 Å². The van der Waals surface area contributed by atoms with Crippen LogP contribution in [0.3, 0.4) is 0 Å². The van der Waals surface area contributed by atoms with Gasteiger partial charge in [-0.3, -0.25) is 0 Å². The molecule has 1 saturated carbocycles. The van der Waals surface area contributed by atoms with Crippen molar-refractivity contribution in [2.45, 2.75) is 38.0 Å². The van der Waals surface area contributed by atoms with E-state index in [0.717, 1.165) is 33.8 Å². The summed E-state index contributed by atoms with van der Waals surface area (Å²) in [4.78, 5) is 10.2. The number of anilines is 1. The van der Waals surface area contributed by atoms with Gasteiger partial charge in [0.25, 0.3) is 0 Å². The summed E-state index contributed by atoms with van der Waals surface area (Å²) in [6, 6.07) is 32.5. The molecule has 3 aromatic carbocycles. The summed E-state index contributed by atoms with van der Waals surface area (Å²) in [5.41, 5.74) is 5.36. The molecule has 0 atom stereocenters. The van der Waals surface area contributed by atoms with Crippen molar-refractivity contribution in [3.05, 3.63) is 102 Å². The number of hydrogen-bond acceptors (Lipinski definition) is 4. The van der Waals surface area contributed by atoms with E-state index in [1.165, 1.54) is 35.2 Å². The average molecular weight is 604 g/mol. The Morgan fingerprint density at radius 3 is 1.75 bits per heavy atom. The number of hydrogen-bond donors (Lipinski definition) is 1. The Morgan fingerprint density at radius 1 is 0.694 bits per heavy atom. The van der Waals surface area contributed by atoms with E-state index in [9.17, 15) is 0 Å². The molecule has 1 aliphatic carbocycles. The number of benzene rings is 3. The van der Waals surface area contributed by atoms with Gasteiger partial charge in [-0.1, -0.05) is 0 Å². The molecule has 0 bridgehead atoms. The van der Waals surface area contributed by atoms with Gasteiger partial charge < -0.3 is 0 Å². The molecule has 2 heterocycles. The fourth-order valence-electron chi connectivity index (χ4n) is 5.46. The molecular formula is C29H28IN5P. The number of rotatable bonds is 6. The summed E-state index contributed by atoms with van der Waals surface area (Å²) < 4.78 is 0.831. The van der Waals surface area contributed by atoms with E-state index in [1.54, 1.807) is 0 Å². The van der Waals surface area contributed by atoms with Gasteiger partial charge in [-0.15, -0.1) is 0 Å². The molecule has 36 heavy (non-hydrogen) atoms. The van der Waals surface area contributed by atoms with Gasteiger partial charge in [0.15, 0.2) is 0 Å². The maximum absolute atomic E-state index is 5.25. The van der Waals surface area contributed by atoms with Crippen LogP contribution in [-0.2, 0) is 0 Å². The van der Waals surface area contributed by atoms with Gasteiger partial charge in [-0.25, -0.2) is 0 Å². The van der Waals surface area contributed by atoms with Crippen molar-refractivity contribution in [2.24, 2.45) is 5.10 Å². The summed E-state index contributed by atoms with van der Waals surface area (Å²) in [6.45, 7) is 0. The second kappa shape index (κ2) is 10.3. The molecule has 1 aliphatic heterocycles. The van der Waals surface area contributed by atoms with E-state index < -0.39 is 7.41 Å². The number of nitrogens with one attached hydrogen (secondary N) is 1. The van der Waals surface area contributed by atoms with Gasteiger partial charge in [-0.2, -0.15) is 0 Å². The van der Waals surface area contributed by atoms with E-state index in [4.69, 9.17) is 9.97 Å². The minimum absolute atomic E-state index is 0.374. The fraction of sp³-hybridized carbons (Fsp3) is 0.207. The molecule has 0 saturated heterocycles. The van der Waals surface area contributed by atoms with Crippen LogP contribution in [0, 0.1) is 0 Å². The van der Waals surface area contributed by atoms with Crippen LogP contribution in [0.1, 0.15) is 49.4 Å². The third-order valence-electron chi connectivity index (χ3n) is 7.24. The molecule has 0 spiro atoms. The zero-order valence-corrected chi connectivity index (χ0v) is 23.1. The first-order valence-corrected chi connectivity index (χ1v) is 15.6. The zero-order chi connectivity index (χ0) is 24.4. The summed E-state index contributed by atoms with van der Waals surface area (Å²) in [6.07, 6.45) is 6.03. The predicted octanol–water partition coefficient (Wildman–Crippen LogP) is 5.92. The van der Waals surface area contributed by atoms with Gasteiger partial charge in [-0.05, 0) is 0 Å². The molecule has 1 N–H and O–H groups in total. The Balaban J connectivity index is 1.59. The van der Waals surface area contributed by atoms with Crippen LogP contribution in [0.4, 0.5) is 11.6 Å². The van der Waals surface area contributed by atoms with Gasteiger partial charge in [0.05, 0.1) is 0 Å². The van der Waals surface area contributed by atoms with Gasteiger partial charge in [0.2, 0.25) is 0 Å². The van der Waals surface area contributed by atoms with Crippen LogP contribution in [0.15, 0.2) is 96.1 Å². The Labute approximate surface area is 226 Å². The molecule has 4 aromatic rings. The molecule has 0 amide bonds. The Morgan fingerprint density at radius 2 is 1.22 bits per heavy atom. The monoisotopic (exact) mass is 604 g/mol. The van der Waals surface area contributed by atoms with E-state index >= 15 is 0 Å². The van der Waals surface area contributed by atoms with Crippen molar-refractivity contribution in [2.75, 3.05) is 5.09 Å². The zero-order valence-electron chi connectivity index (χ0n) is 19.9. The molecule has 2 aliphatic rings. The van der Waals surface area contributed by atoms with Crippen LogP contribution in [-0.4, -0.2) is 13.7 Å². The van der Waals surface area contributed by atoms with E-state index in [-0.39, 0.29) is 0 Å². The Hall–Kier alpha value is -2.83. The first-order valence-electron chi connectivity index (χ1n) is 12.6. The summed E-state index contributed by atoms with van der Waals surface area (Å²) in [7, 11) is -2.75. The number of aromatic nitrogens is 2. The third-order valence-corrected chi connectivity index (χ3v) is 12.2. The first-order chi connectivity index (χ1) is 17.8. The van der Waals surface area contributed by atoms with Crippen molar-refractivity contribution < 1.29 is 0 Å². The second-order valence-electron chi connectivity index (χ2n) is 9.43.